The molecule has 1 rings (SSSR count). The number of rotatable bonds is 12. The van der Waals surface area contributed by atoms with Crippen LogP contribution < -0.4 is 0 Å². The fraction of sp³-hybridized carbons (Fsp3) is 1.00. The lowest BCUT2D eigenvalue weighted by Crippen LogP contribution is -2.59. The van der Waals surface area contributed by atoms with E-state index >= 15 is 0 Å². The van der Waals surface area contributed by atoms with Gasteiger partial charge in [0.1, 0.15) is 24.4 Å². The molecule has 6 heteroatoms. The van der Waals surface area contributed by atoms with Gasteiger partial charge in [-0.3, -0.25) is 0 Å². The summed E-state index contributed by atoms with van der Waals surface area (Å²) in [5.74, 6) is 0. The van der Waals surface area contributed by atoms with Crippen molar-refractivity contribution in [3.63, 3.8) is 0 Å². The van der Waals surface area contributed by atoms with Gasteiger partial charge in [0.2, 0.25) is 0 Å². The average Bonchev–Trinajstić information content (AvgIpc) is 2.56. The Morgan fingerprint density at radius 1 is 0.826 bits per heavy atom. The van der Waals surface area contributed by atoms with Gasteiger partial charge in [-0.2, -0.15) is 0 Å². The number of aliphatic hydroxyl groups is 3. The summed E-state index contributed by atoms with van der Waals surface area (Å²) in [6, 6.07) is 0. The Kier molecular flexibility index (Phi) is 11.0. The first-order valence-electron chi connectivity index (χ1n) is 8.92. The molecule has 1 aliphatic rings. The van der Waals surface area contributed by atoms with Crippen LogP contribution in [0.4, 0.5) is 0 Å². The Morgan fingerprint density at radius 2 is 1.43 bits per heavy atom. The van der Waals surface area contributed by atoms with Crippen molar-refractivity contribution in [3.8, 4) is 0 Å². The van der Waals surface area contributed by atoms with Gasteiger partial charge < -0.3 is 29.5 Å². The monoisotopic (exact) mass is 334 g/mol. The van der Waals surface area contributed by atoms with Crippen LogP contribution in [0.5, 0.6) is 0 Å². The molecule has 0 saturated carbocycles. The second kappa shape index (κ2) is 12.2. The van der Waals surface area contributed by atoms with Crippen molar-refractivity contribution >= 4 is 0 Å². The van der Waals surface area contributed by atoms with Gasteiger partial charge in [0.15, 0.2) is 6.29 Å². The van der Waals surface area contributed by atoms with Crippen molar-refractivity contribution in [3.05, 3.63) is 0 Å². The molecule has 3 unspecified atom stereocenters. The van der Waals surface area contributed by atoms with Crippen molar-refractivity contribution in [1.82, 2.24) is 0 Å². The van der Waals surface area contributed by atoms with E-state index in [1.54, 1.807) is 0 Å². The Morgan fingerprint density at radius 3 is 2.04 bits per heavy atom. The summed E-state index contributed by atoms with van der Waals surface area (Å²) >= 11 is 0. The lowest BCUT2D eigenvalue weighted by Gasteiger charge is -2.39. The second-order valence-corrected chi connectivity index (χ2v) is 6.30. The number of hydrogen-bond acceptors (Lipinski definition) is 6. The lowest BCUT2D eigenvalue weighted by atomic mass is 9.99. The van der Waals surface area contributed by atoms with Gasteiger partial charge in [-0.25, -0.2) is 0 Å². The van der Waals surface area contributed by atoms with Crippen LogP contribution in [0.2, 0.25) is 0 Å². The van der Waals surface area contributed by atoms with Gasteiger partial charge in [-0.15, -0.1) is 0 Å². The molecule has 0 aromatic heterocycles. The minimum Gasteiger partial charge on any atom is -0.387 e. The maximum Gasteiger partial charge on any atom is 0.186 e. The minimum atomic E-state index is -1.29. The van der Waals surface area contributed by atoms with Gasteiger partial charge in [-0.1, -0.05) is 51.9 Å². The van der Waals surface area contributed by atoms with Crippen LogP contribution in [0.3, 0.4) is 0 Å². The molecule has 1 saturated heterocycles. The molecule has 5 atom stereocenters. The molecule has 0 radical (unpaired) electrons. The summed E-state index contributed by atoms with van der Waals surface area (Å²) in [4.78, 5) is 0. The van der Waals surface area contributed by atoms with E-state index in [1.807, 2.05) is 0 Å². The largest absolute Gasteiger partial charge is 0.387 e. The summed E-state index contributed by atoms with van der Waals surface area (Å²) in [7, 11) is 1.39. The molecule has 0 amide bonds. The normalized spacial score (nSPS) is 31.4. The lowest BCUT2D eigenvalue weighted by molar-refractivity contribution is -0.296. The standard InChI is InChI=1S/C17H34O6/c1-3-4-5-6-7-8-9-10-11-22-12-13-14(18)15(19)16(20)17(21-2)23-13/h13-20H,3-12H2,1-2H3/t13?,14-,15?,16?,17+/m1/s1. The SMILES string of the molecule is CCCCCCCCCCOCC1O[C@H](OC)C(O)C(O)[C@@H]1O. The van der Waals surface area contributed by atoms with Gasteiger partial charge in [-0.05, 0) is 6.42 Å². The summed E-state index contributed by atoms with van der Waals surface area (Å²) in [5.41, 5.74) is 0. The van der Waals surface area contributed by atoms with E-state index in [4.69, 9.17) is 14.2 Å². The summed E-state index contributed by atoms with van der Waals surface area (Å²) in [6.45, 7) is 3.01. The van der Waals surface area contributed by atoms with Crippen LogP contribution in [0.1, 0.15) is 58.3 Å². The van der Waals surface area contributed by atoms with E-state index in [0.29, 0.717) is 6.61 Å². The zero-order chi connectivity index (χ0) is 17.1. The third-order valence-electron chi connectivity index (χ3n) is 4.33. The fourth-order valence-electron chi connectivity index (χ4n) is 2.79. The summed E-state index contributed by atoms with van der Waals surface area (Å²) in [5, 5.41) is 29.3. The molecule has 3 N–H and O–H groups in total. The molecule has 23 heavy (non-hydrogen) atoms. The molecule has 1 aliphatic heterocycles. The molecule has 1 fully saturated rings. The van der Waals surface area contributed by atoms with Crippen LogP contribution >= 0.6 is 0 Å². The van der Waals surface area contributed by atoms with Crippen LogP contribution in [-0.4, -0.2) is 66.3 Å². The predicted molar refractivity (Wildman–Crippen MR) is 87.1 cm³/mol. The van der Waals surface area contributed by atoms with Gasteiger partial charge in [0.25, 0.3) is 0 Å². The molecule has 0 aromatic carbocycles. The van der Waals surface area contributed by atoms with Gasteiger partial charge in [0, 0.05) is 13.7 Å². The average molecular weight is 334 g/mol. The number of unbranched alkanes of at least 4 members (excludes halogenated alkanes) is 7. The topological polar surface area (TPSA) is 88.4 Å². The quantitative estimate of drug-likeness (QED) is 0.470. The van der Waals surface area contributed by atoms with Crippen LogP contribution in [0.25, 0.3) is 0 Å². The van der Waals surface area contributed by atoms with Crippen LogP contribution in [-0.2, 0) is 14.2 Å². The Hall–Kier alpha value is -0.240. The third kappa shape index (κ3) is 7.45. The van der Waals surface area contributed by atoms with Crippen LogP contribution in [0, 0.1) is 0 Å². The zero-order valence-electron chi connectivity index (χ0n) is 14.5. The smallest absolute Gasteiger partial charge is 0.186 e. The number of hydrogen-bond donors (Lipinski definition) is 3. The summed E-state index contributed by atoms with van der Waals surface area (Å²) in [6.07, 6.45) is 4.55. The van der Waals surface area contributed by atoms with E-state index in [2.05, 4.69) is 6.92 Å². The van der Waals surface area contributed by atoms with E-state index in [1.165, 1.54) is 45.6 Å². The zero-order valence-corrected chi connectivity index (χ0v) is 14.5. The first-order chi connectivity index (χ1) is 11.1. The van der Waals surface area contributed by atoms with Crippen molar-refractivity contribution in [2.75, 3.05) is 20.3 Å². The molecule has 0 aromatic rings. The molecule has 0 aliphatic carbocycles. The highest BCUT2D eigenvalue weighted by atomic mass is 16.7. The van der Waals surface area contributed by atoms with Gasteiger partial charge >= 0.3 is 0 Å². The Bertz CT molecular complexity index is 286. The van der Waals surface area contributed by atoms with E-state index in [-0.39, 0.29) is 6.61 Å². The van der Waals surface area contributed by atoms with Gasteiger partial charge in [0.05, 0.1) is 6.61 Å². The first kappa shape index (κ1) is 20.8. The molecule has 0 spiro atoms. The van der Waals surface area contributed by atoms with Crippen molar-refractivity contribution < 1.29 is 29.5 Å². The van der Waals surface area contributed by atoms with Crippen molar-refractivity contribution in [2.24, 2.45) is 0 Å². The Balaban J connectivity index is 2.06. The fourth-order valence-corrected chi connectivity index (χ4v) is 2.79. The highest BCUT2D eigenvalue weighted by Crippen LogP contribution is 2.22. The maximum atomic E-state index is 9.89. The second-order valence-electron chi connectivity index (χ2n) is 6.30. The van der Waals surface area contributed by atoms with Crippen molar-refractivity contribution in [2.45, 2.75) is 89.0 Å². The third-order valence-corrected chi connectivity index (χ3v) is 4.33. The first-order valence-corrected chi connectivity index (χ1v) is 8.92. The molecule has 6 nitrogen and oxygen atoms in total. The van der Waals surface area contributed by atoms with Crippen molar-refractivity contribution in [1.29, 1.82) is 0 Å². The summed E-state index contributed by atoms with van der Waals surface area (Å²) < 4.78 is 15.9. The van der Waals surface area contributed by atoms with Crippen LogP contribution in [0.15, 0.2) is 0 Å². The highest BCUT2D eigenvalue weighted by molar-refractivity contribution is 4.88. The number of aliphatic hydroxyl groups excluding tert-OH is 3. The number of ether oxygens (including phenoxy) is 3. The minimum absolute atomic E-state index is 0.182. The highest BCUT2D eigenvalue weighted by Gasteiger charge is 2.43. The molecular formula is C17H34O6. The molecule has 138 valence electrons. The number of methoxy groups -OCH3 is 1. The van der Waals surface area contributed by atoms with E-state index < -0.39 is 30.7 Å². The van der Waals surface area contributed by atoms with E-state index in [9.17, 15) is 15.3 Å². The van der Waals surface area contributed by atoms with E-state index in [0.717, 1.165) is 12.8 Å². The molecule has 1 heterocycles. The molecular weight excluding hydrogens is 300 g/mol. The Labute approximate surface area is 139 Å². The predicted octanol–water partition coefficient (Wildman–Crippen LogP) is 1.60. The molecule has 0 bridgehead atoms. The maximum absolute atomic E-state index is 9.89.